The number of aliphatic hydroxyl groups is 1. The maximum Gasteiger partial charge on any atom is 0.295 e. The van der Waals surface area contributed by atoms with Gasteiger partial charge in [-0.25, -0.2) is 0 Å². The van der Waals surface area contributed by atoms with Gasteiger partial charge >= 0.3 is 0 Å². The van der Waals surface area contributed by atoms with Crippen molar-refractivity contribution in [1.82, 2.24) is 4.90 Å². The van der Waals surface area contributed by atoms with Gasteiger partial charge in [0.1, 0.15) is 17.6 Å². The molecule has 3 aromatic carbocycles. The van der Waals surface area contributed by atoms with E-state index in [2.05, 4.69) is 6.92 Å². The molecule has 0 bridgehead atoms. The minimum Gasteiger partial charge on any atom is -0.507 e. The van der Waals surface area contributed by atoms with E-state index in [1.165, 1.54) is 0 Å². The van der Waals surface area contributed by atoms with Gasteiger partial charge in [0.2, 0.25) is 0 Å². The van der Waals surface area contributed by atoms with Gasteiger partial charge in [0.05, 0.1) is 25.3 Å². The number of methoxy groups -OCH3 is 1. The number of carbonyl (C=O) groups is 2. The van der Waals surface area contributed by atoms with E-state index in [4.69, 9.17) is 14.2 Å². The van der Waals surface area contributed by atoms with Gasteiger partial charge in [-0.3, -0.25) is 9.59 Å². The Hall–Kier alpha value is -4.26. The zero-order valence-corrected chi connectivity index (χ0v) is 23.2. The number of likely N-dealkylation sites (tertiary alicyclic amines) is 1. The van der Waals surface area contributed by atoms with Gasteiger partial charge in [-0.15, -0.1) is 0 Å². The number of amides is 1. The van der Waals surface area contributed by atoms with Crippen molar-refractivity contribution >= 4 is 17.4 Å². The Labute approximate surface area is 235 Å². The van der Waals surface area contributed by atoms with E-state index >= 15 is 0 Å². The summed E-state index contributed by atoms with van der Waals surface area (Å²) in [6, 6.07) is 19.8. The first-order chi connectivity index (χ1) is 19.4. The highest BCUT2D eigenvalue weighted by atomic mass is 16.5. The van der Waals surface area contributed by atoms with E-state index in [0.717, 1.165) is 29.7 Å². The Morgan fingerprint density at radius 1 is 1.05 bits per heavy atom. The van der Waals surface area contributed by atoms with Crippen LogP contribution in [0.1, 0.15) is 55.0 Å². The number of ether oxygens (including phenoxy) is 3. The number of hydrogen-bond acceptors (Lipinski definition) is 6. The molecule has 1 fully saturated rings. The van der Waals surface area contributed by atoms with E-state index in [1.54, 1.807) is 36.3 Å². The van der Waals surface area contributed by atoms with Crippen LogP contribution in [0.15, 0.2) is 72.3 Å². The van der Waals surface area contributed by atoms with E-state index < -0.39 is 17.7 Å². The number of benzene rings is 3. The molecule has 0 aliphatic carbocycles. The first-order valence-electron chi connectivity index (χ1n) is 13.8. The number of unbranched alkanes of at least 4 members (excludes halogenated alkanes) is 1. The van der Waals surface area contributed by atoms with Gasteiger partial charge in [-0.2, -0.15) is 0 Å². The minimum absolute atomic E-state index is 0.0430. The van der Waals surface area contributed by atoms with E-state index in [1.807, 2.05) is 49.4 Å². The molecule has 2 aliphatic rings. The highest BCUT2D eigenvalue weighted by molar-refractivity contribution is 6.46. The van der Waals surface area contributed by atoms with Gasteiger partial charge in [-0.05, 0) is 66.8 Å². The molecule has 2 aliphatic heterocycles. The van der Waals surface area contributed by atoms with Crippen molar-refractivity contribution < 1.29 is 28.9 Å². The Balaban J connectivity index is 1.57. The van der Waals surface area contributed by atoms with Crippen LogP contribution in [-0.4, -0.2) is 48.1 Å². The van der Waals surface area contributed by atoms with E-state index in [9.17, 15) is 14.7 Å². The third-order valence-corrected chi connectivity index (χ3v) is 7.45. The van der Waals surface area contributed by atoms with Gasteiger partial charge in [0, 0.05) is 18.5 Å². The second-order valence-corrected chi connectivity index (χ2v) is 10.3. The number of aliphatic hydroxyl groups excluding tert-OH is 1. The Morgan fingerprint density at radius 3 is 2.60 bits per heavy atom. The summed E-state index contributed by atoms with van der Waals surface area (Å²) in [6.07, 6.45) is 3.23. The highest BCUT2D eigenvalue weighted by Crippen LogP contribution is 2.43. The summed E-state index contributed by atoms with van der Waals surface area (Å²) in [5, 5.41) is 11.5. The smallest absolute Gasteiger partial charge is 0.295 e. The third-order valence-electron chi connectivity index (χ3n) is 7.45. The fourth-order valence-corrected chi connectivity index (χ4v) is 5.38. The first-order valence-corrected chi connectivity index (χ1v) is 13.8. The summed E-state index contributed by atoms with van der Waals surface area (Å²) < 4.78 is 17.3. The van der Waals surface area contributed by atoms with Crippen molar-refractivity contribution in [2.75, 3.05) is 20.3 Å². The normalized spacial score (nSPS) is 19.4. The molecule has 0 radical (unpaired) electrons. The molecule has 2 atom stereocenters. The summed E-state index contributed by atoms with van der Waals surface area (Å²) in [5.41, 5.74) is 3.21. The summed E-state index contributed by atoms with van der Waals surface area (Å²) in [5.74, 6) is 0.327. The summed E-state index contributed by atoms with van der Waals surface area (Å²) in [4.78, 5) is 28.5. The van der Waals surface area contributed by atoms with Crippen molar-refractivity contribution in [2.24, 2.45) is 0 Å². The molecule has 2 heterocycles. The second kappa shape index (κ2) is 11.9. The lowest BCUT2D eigenvalue weighted by atomic mass is 9.94. The molecule has 1 saturated heterocycles. The second-order valence-electron chi connectivity index (χ2n) is 10.3. The average Bonchev–Trinajstić information content (AvgIpc) is 3.47. The molecule has 7 heteroatoms. The van der Waals surface area contributed by atoms with Crippen LogP contribution < -0.4 is 14.2 Å². The van der Waals surface area contributed by atoms with Crippen LogP contribution in [0.3, 0.4) is 0 Å². The molecule has 2 unspecified atom stereocenters. The highest BCUT2D eigenvalue weighted by Gasteiger charge is 2.46. The Bertz CT molecular complexity index is 1430. The summed E-state index contributed by atoms with van der Waals surface area (Å²) in [7, 11) is 1.56. The number of Topliss-reactive ketones (excluding diaryl/α,β-unsaturated/α-hetero) is 1. The molecule has 1 N–H and O–H groups in total. The van der Waals surface area contributed by atoms with Crippen LogP contribution in [-0.2, 0) is 22.4 Å². The molecular weight excluding hydrogens is 506 g/mol. The van der Waals surface area contributed by atoms with Crippen molar-refractivity contribution in [3.05, 3.63) is 94.6 Å². The number of hydrogen-bond donors (Lipinski definition) is 1. The predicted molar refractivity (Wildman–Crippen MR) is 153 cm³/mol. The molecule has 0 aromatic heterocycles. The van der Waals surface area contributed by atoms with Crippen molar-refractivity contribution in [3.8, 4) is 17.2 Å². The van der Waals surface area contributed by atoms with Crippen molar-refractivity contribution in [3.63, 3.8) is 0 Å². The van der Waals surface area contributed by atoms with Crippen LogP contribution in [0.5, 0.6) is 17.2 Å². The monoisotopic (exact) mass is 541 g/mol. The Morgan fingerprint density at radius 2 is 1.85 bits per heavy atom. The number of ketones is 1. The number of fused-ring (bicyclic) bond motifs is 1. The van der Waals surface area contributed by atoms with Gasteiger partial charge < -0.3 is 24.2 Å². The lowest BCUT2D eigenvalue weighted by Crippen LogP contribution is -2.31. The van der Waals surface area contributed by atoms with Gasteiger partial charge in [0.25, 0.3) is 11.7 Å². The zero-order chi connectivity index (χ0) is 28.2. The van der Waals surface area contributed by atoms with Crippen molar-refractivity contribution in [1.29, 1.82) is 0 Å². The van der Waals surface area contributed by atoms with Gasteiger partial charge in [0.15, 0.2) is 11.5 Å². The fraction of sp³-hybridized carbons (Fsp3) is 0.333. The van der Waals surface area contributed by atoms with Crippen molar-refractivity contribution in [2.45, 2.75) is 51.7 Å². The van der Waals surface area contributed by atoms with Crippen LogP contribution in [0.4, 0.5) is 0 Å². The third kappa shape index (κ3) is 5.41. The number of nitrogens with zero attached hydrogens (tertiary/aromatic N) is 1. The lowest BCUT2D eigenvalue weighted by Gasteiger charge is -2.26. The maximum absolute atomic E-state index is 13.5. The lowest BCUT2D eigenvalue weighted by molar-refractivity contribution is -0.139. The quantitative estimate of drug-likeness (QED) is 0.150. The maximum atomic E-state index is 13.5. The molecule has 7 nitrogen and oxygen atoms in total. The van der Waals surface area contributed by atoms with Gasteiger partial charge in [-0.1, -0.05) is 49.7 Å². The molecule has 40 heavy (non-hydrogen) atoms. The standard InChI is InChI=1S/C33H35NO6/c1-4-5-17-39-27-14-11-23(20-28(27)38-3)30-29(31(35)24-12-13-26-25(19-24)18-21(2)40-26)32(36)33(37)34(30)16-15-22-9-7-6-8-10-22/h6-14,19-21,30,35H,4-5,15-18H2,1-3H3/b31-29+. The van der Waals surface area contributed by atoms with Crippen LogP contribution >= 0.6 is 0 Å². The molecule has 0 spiro atoms. The van der Waals surface area contributed by atoms with E-state index in [0.29, 0.717) is 48.6 Å². The fourth-order valence-electron chi connectivity index (χ4n) is 5.38. The Kier molecular flexibility index (Phi) is 8.10. The molecule has 3 aromatic rings. The van der Waals surface area contributed by atoms with Crippen LogP contribution in [0.2, 0.25) is 0 Å². The number of carbonyl (C=O) groups excluding carboxylic acids is 2. The molecule has 0 saturated carbocycles. The largest absolute Gasteiger partial charge is 0.507 e. The minimum atomic E-state index is -0.786. The predicted octanol–water partition coefficient (Wildman–Crippen LogP) is 5.86. The van der Waals surface area contributed by atoms with Crippen LogP contribution in [0, 0.1) is 0 Å². The van der Waals surface area contributed by atoms with Crippen LogP contribution in [0.25, 0.3) is 5.76 Å². The average molecular weight is 542 g/mol. The number of rotatable bonds is 10. The SMILES string of the molecule is CCCCOc1ccc(C2/C(=C(\O)c3ccc4c(c3)CC(C)O4)C(=O)C(=O)N2CCc2ccccc2)cc1OC. The zero-order valence-electron chi connectivity index (χ0n) is 23.2. The topological polar surface area (TPSA) is 85.3 Å². The first kappa shape index (κ1) is 27.3. The summed E-state index contributed by atoms with van der Waals surface area (Å²) in [6.45, 7) is 4.95. The molecular formula is C33H35NO6. The summed E-state index contributed by atoms with van der Waals surface area (Å²) >= 11 is 0. The van der Waals surface area contributed by atoms with E-state index in [-0.39, 0.29) is 17.4 Å². The molecule has 208 valence electrons. The molecule has 1 amide bonds. The molecule has 5 rings (SSSR count).